The van der Waals surface area contributed by atoms with Crippen molar-refractivity contribution in [2.24, 2.45) is 11.7 Å². The minimum absolute atomic E-state index is 0. The SMILES string of the molecule is CC1CCN(Cc2cc(F)c(F)c(F)c2)C(CN)C1.Cl. The lowest BCUT2D eigenvalue weighted by Gasteiger charge is -2.38. The summed E-state index contributed by atoms with van der Waals surface area (Å²) in [5.41, 5.74) is 6.19. The van der Waals surface area contributed by atoms with Crippen molar-refractivity contribution in [1.29, 1.82) is 0 Å². The Kier molecular flexibility index (Phi) is 6.30. The lowest BCUT2D eigenvalue weighted by molar-refractivity contribution is 0.115. The zero-order chi connectivity index (χ0) is 14.0. The van der Waals surface area contributed by atoms with E-state index in [4.69, 9.17) is 5.73 Å². The van der Waals surface area contributed by atoms with Crippen molar-refractivity contribution in [3.05, 3.63) is 35.1 Å². The van der Waals surface area contributed by atoms with E-state index in [0.717, 1.165) is 31.5 Å². The molecule has 2 unspecified atom stereocenters. The fourth-order valence-corrected chi connectivity index (χ4v) is 2.69. The lowest BCUT2D eigenvalue weighted by Crippen LogP contribution is -2.45. The van der Waals surface area contributed by atoms with Crippen LogP contribution in [0.25, 0.3) is 0 Å². The molecule has 1 aliphatic heterocycles. The van der Waals surface area contributed by atoms with Gasteiger partial charge >= 0.3 is 0 Å². The van der Waals surface area contributed by atoms with Gasteiger partial charge in [0.15, 0.2) is 17.5 Å². The molecule has 2 rings (SSSR count). The van der Waals surface area contributed by atoms with Crippen molar-refractivity contribution in [2.75, 3.05) is 13.1 Å². The van der Waals surface area contributed by atoms with E-state index in [1.165, 1.54) is 0 Å². The number of piperidine rings is 1. The van der Waals surface area contributed by atoms with Crippen LogP contribution in [0.15, 0.2) is 12.1 Å². The average Bonchev–Trinajstić information content (AvgIpc) is 2.38. The van der Waals surface area contributed by atoms with E-state index in [1.807, 2.05) is 0 Å². The molecule has 0 aromatic heterocycles. The molecule has 1 fully saturated rings. The monoisotopic (exact) mass is 308 g/mol. The first-order valence-corrected chi connectivity index (χ1v) is 6.58. The van der Waals surface area contributed by atoms with Crippen molar-refractivity contribution in [3.8, 4) is 0 Å². The van der Waals surface area contributed by atoms with Crippen LogP contribution in [-0.4, -0.2) is 24.0 Å². The van der Waals surface area contributed by atoms with Crippen molar-refractivity contribution in [2.45, 2.75) is 32.4 Å². The van der Waals surface area contributed by atoms with Gasteiger partial charge in [0.2, 0.25) is 0 Å². The summed E-state index contributed by atoms with van der Waals surface area (Å²) in [7, 11) is 0. The van der Waals surface area contributed by atoms with Crippen molar-refractivity contribution in [3.63, 3.8) is 0 Å². The molecule has 0 saturated carbocycles. The highest BCUT2D eigenvalue weighted by Gasteiger charge is 2.25. The zero-order valence-electron chi connectivity index (χ0n) is 11.4. The van der Waals surface area contributed by atoms with Crippen LogP contribution in [0.4, 0.5) is 13.2 Å². The summed E-state index contributed by atoms with van der Waals surface area (Å²) in [6, 6.07) is 2.34. The van der Waals surface area contributed by atoms with Crippen LogP contribution in [-0.2, 0) is 6.54 Å². The molecule has 1 heterocycles. The number of nitrogens with two attached hydrogens (primary N) is 1. The predicted molar refractivity (Wildman–Crippen MR) is 75.2 cm³/mol. The summed E-state index contributed by atoms with van der Waals surface area (Å²) >= 11 is 0. The quantitative estimate of drug-likeness (QED) is 0.870. The molecule has 20 heavy (non-hydrogen) atoms. The molecule has 0 bridgehead atoms. The first-order chi connectivity index (χ1) is 9.01. The second-order valence-corrected chi connectivity index (χ2v) is 5.36. The van der Waals surface area contributed by atoms with Crippen molar-refractivity contribution >= 4 is 12.4 Å². The van der Waals surface area contributed by atoms with E-state index < -0.39 is 17.5 Å². The Hall–Kier alpha value is -0.780. The normalized spacial score (nSPS) is 23.4. The van der Waals surface area contributed by atoms with Gasteiger partial charge in [-0.1, -0.05) is 6.92 Å². The van der Waals surface area contributed by atoms with E-state index in [-0.39, 0.29) is 18.4 Å². The third kappa shape index (κ3) is 3.87. The molecular weight excluding hydrogens is 289 g/mol. The molecule has 1 aromatic carbocycles. The number of benzene rings is 1. The molecule has 1 aromatic rings. The summed E-state index contributed by atoms with van der Waals surface area (Å²) in [6.45, 7) is 3.96. The molecule has 0 radical (unpaired) electrons. The molecule has 0 amide bonds. The number of likely N-dealkylation sites (tertiary alicyclic amines) is 1. The van der Waals surface area contributed by atoms with Gasteiger partial charge in [-0.3, -0.25) is 4.90 Å². The summed E-state index contributed by atoms with van der Waals surface area (Å²) in [5.74, 6) is -3.06. The number of rotatable bonds is 3. The minimum atomic E-state index is -1.41. The molecule has 2 N–H and O–H groups in total. The molecule has 1 aliphatic rings. The van der Waals surface area contributed by atoms with Crippen LogP contribution in [0.3, 0.4) is 0 Å². The van der Waals surface area contributed by atoms with E-state index in [9.17, 15) is 13.2 Å². The van der Waals surface area contributed by atoms with E-state index in [0.29, 0.717) is 24.6 Å². The maximum absolute atomic E-state index is 13.2. The first kappa shape index (κ1) is 17.3. The Bertz CT molecular complexity index is 433. The second kappa shape index (κ2) is 7.29. The molecule has 0 spiro atoms. The second-order valence-electron chi connectivity index (χ2n) is 5.36. The molecular formula is C14H20ClF3N2. The minimum Gasteiger partial charge on any atom is -0.329 e. The van der Waals surface area contributed by atoms with E-state index in [2.05, 4.69) is 11.8 Å². The molecule has 2 nitrogen and oxygen atoms in total. The van der Waals surface area contributed by atoms with Gasteiger partial charge in [-0.25, -0.2) is 13.2 Å². The van der Waals surface area contributed by atoms with Gasteiger partial charge in [-0.2, -0.15) is 0 Å². The zero-order valence-corrected chi connectivity index (χ0v) is 12.2. The van der Waals surface area contributed by atoms with Gasteiger partial charge in [-0.05, 0) is 43.0 Å². The molecule has 2 atom stereocenters. The fourth-order valence-electron chi connectivity index (χ4n) is 2.69. The van der Waals surface area contributed by atoms with Crippen LogP contribution in [0.5, 0.6) is 0 Å². The van der Waals surface area contributed by atoms with E-state index >= 15 is 0 Å². The number of hydrogen-bond donors (Lipinski definition) is 1. The van der Waals surface area contributed by atoms with Crippen molar-refractivity contribution in [1.82, 2.24) is 4.90 Å². The van der Waals surface area contributed by atoms with Crippen LogP contribution in [0.1, 0.15) is 25.3 Å². The Labute approximate surface area is 123 Å². The number of nitrogens with zero attached hydrogens (tertiary/aromatic N) is 1. The average molecular weight is 309 g/mol. The Balaban J connectivity index is 0.00000200. The Morgan fingerprint density at radius 2 is 1.85 bits per heavy atom. The van der Waals surface area contributed by atoms with Gasteiger partial charge in [-0.15, -0.1) is 12.4 Å². The summed E-state index contributed by atoms with van der Waals surface area (Å²) in [4.78, 5) is 2.12. The summed E-state index contributed by atoms with van der Waals surface area (Å²) in [6.07, 6.45) is 2.03. The fraction of sp³-hybridized carbons (Fsp3) is 0.571. The maximum Gasteiger partial charge on any atom is 0.194 e. The van der Waals surface area contributed by atoms with Gasteiger partial charge in [0, 0.05) is 19.1 Å². The Morgan fingerprint density at radius 1 is 1.25 bits per heavy atom. The van der Waals surface area contributed by atoms with Gasteiger partial charge in [0.1, 0.15) is 0 Å². The van der Waals surface area contributed by atoms with Crippen LogP contribution < -0.4 is 5.73 Å². The predicted octanol–water partition coefficient (Wildman–Crippen LogP) is 3.08. The standard InChI is InChI=1S/C14H19F3N2.ClH/c1-9-2-3-19(11(4-9)7-18)8-10-5-12(15)14(17)13(16)6-10;/h5-6,9,11H,2-4,7-8,18H2,1H3;1H. The highest BCUT2D eigenvalue weighted by atomic mass is 35.5. The smallest absolute Gasteiger partial charge is 0.194 e. The number of halogens is 4. The highest BCUT2D eigenvalue weighted by Crippen LogP contribution is 2.24. The van der Waals surface area contributed by atoms with Crippen LogP contribution in [0, 0.1) is 23.4 Å². The first-order valence-electron chi connectivity index (χ1n) is 6.58. The third-order valence-electron chi connectivity index (χ3n) is 3.80. The third-order valence-corrected chi connectivity index (χ3v) is 3.80. The molecule has 114 valence electrons. The molecule has 0 aliphatic carbocycles. The molecule has 6 heteroatoms. The van der Waals surface area contributed by atoms with Crippen molar-refractivity contribution < 1.29 is 13.2 Å². The van der Waals surface area contributed by atoms with Crippen LogP contribution >= 0.6 is 12.4 Å². The summed E-state index contributed by atoms with van der Waals surface area (Å²) < 4.78 is 39.3. The Morgan fingerprint density at radius 3 is 2.40 bits per heavy atom. The highest BCUT2D eigenvalue weighted by molar-refractivity contribution is 5.85. The molecule has 1 saturated heterocycles. The van der Waals surface area contributed by atoms with Gasteiger partial charge < -0.3 is 5.73 Å². The summed E-state index contributed by atoms with van der Waals surface area (Å²) in [5, 5.41) is 0. The van der Waals surface area contributed by atoms with E-state index in [1.54, 1.807) is 0 Å². The van der Waals surface area contributed by atoms with Gasteiger partial charge in [0.05, 0.1) is 0 Å². The maximum atomic E-state index is 13.2. The lowest BCUT2D eigenvalue weighted by atomic mass is 9.92. The largest absolute Gasteiger partial charge is 0.329 e. The van der Waals surface area contributed by atoms with Gasteiger partial charge in [0.25, 0.3) is 0 Å². The van der Waals surface area contributed by atoms with Crippen LogP contribution in [0.2, 0.25) is 0 Å². The topological polar surface area (TPSA) is 29.3 Å². The number of hydrogen-bond acceptors (Lipinski definition) is 2.